The van der Waals surface area contributed by atoms with Crippen LogP contribution in [-0.4, -0.2) is 119 Å². The Morgan fingerprint density at radius 3 is 2.14 bits per heavy atom. The van der Waals surface area contributed by atoms with E-state index in [9.17, 15) is 0 Å². The Balaban J connectivity index is 1.33. The summed E-state index contributed by atoms with van der Waals surface area (Å²) in [7, 11) is 3.67. The summed E-state index contributed by atoms with van der Waals surface area (Å²) >= 11 is -0.0816. The zero-order valence-electron chi connectivity index (χ0n) is 26.2. The predicted molar refractivity (Wildman–Crippen MR) is 166 cm³/mol. The first-order valence-corrected chi connectivity index (χ1v) is 19.4. The zero-order valence-corrected chi connectivity index (χ0v) is 28.9. The number of benzene rings is 2. The molecule has 44 heavy (non-hydrogen) atoms. The van der Waals surface area contributed by atoms with E-state index in [2.05, 4.69) is 18.7 Å². The van der Waals surface area contributed by atoms with Crippen molar-refractivity contribution in [3.05, 3.63) is 78.4 Å². The third-order valence-corrected chi connectivity index (χ3v) is 12.2. The van der Waals surface area contributed by atoms with E-state index in [1.165, 1.54) is 4.46 Å². The number of rotatable bonds is 12. The molecule has 0 N–H and O–H groups in total. The summed E-state index contributed by atoms with van der Waals surface area (Å²) < 4.78 is 63.2. The fourth-order valence-corrected chi connectivity index (χ4v) is 9.92. The first-order valence-electron chi connectivity index (χ1n) is 14.7. The van der Waals surface area contributed by atoms with Crippen molar-refractivity contribution in [1.82, 2.24) is 0 Å². The second-order valence-electron chi connectivity index (χ2n) is 11.3. The third kappa shape index (κ3) is 7.72. The Morgan fingerprint density at radius 1 is 0.818 bits per heavy atom. The van der Waals surface area contributed by atoms with Crippen LogP contribution in [0.1, 0.15) is 11.9 Å². The molecule has 2 aromatic carbocycles. The molecule has 242 valence electrons. The molecule has 3 saturated heterocycles. The van der Waals surface area contributed by atoms with Crippen molar-refractivity contribution in [1.29, 1.82) is 0 Å². The van der Waals surface area contributed by atoms with Crippen LogP contribution in [-0.2, 0) is 46.7 Å². The van der Waals surface area contributed by atoms with Gasteiger partial charge < -0.3 is 0 Å². The summed E-state index contributed by atoms with van der Waals surface area (Å²) in [6.07, 6.45) is -4.00. The van der Waals surface area contributed by atoms with Crippen molar-refractivity contribution in [3.63, 3.8) is 0 Å². The van der Waals surface area contributed by atoms with E-state index < -0.39 is 57.8 Å². The van der Waals surface area contributed by atoms with Gasteiger partial charge in [-0.15, -0.1) is 0 Å². The molecule has 10 nitrogen and oxygen atoms in total. The molecule has 0 aromatic heterocycles. The Labute approximate surface area is 267 Å². The van der Waals surface area contributed by atoms with Gasteiger partial charge in [-0.1, -0.05) is 0 Å². The fraction of sp³-hybridized carbons (Fsp3) is 0.562. The van der Waals surface area contributed by atoms with Gasteiger partial charge in [0.2, 0.25) is 0 Å². The van der Waals surface area contributed by atoms with Crippen molar-refractivity contribution in [2.75, 3.05) is 41.7 Å². The molecule has 3 heterocycles. The molecule has 10 atom stereocenters. The summed E-state index contributed by atoms with van der Waals surface area (Å²) in [6.45, 7) is 8.88. The van der Waals surface area contributed by atoms with Gasteiger partial charge in [0.05, 0.1) is 0 Å². The van der Waals surface area contributed by atoms with Gasteiger partial charge in [-0.05, 0) is 0 Å². The molecular weight excluding hydrogens is 651 g/mol. The van der Waals surface area contributed by atoms with Crippen molar-refractivity contribution in [3.8, 4) is 0 Å². The molecule has 5 rings (SSSR count). The van der Waals surface area contributed by atoms with E-state index in [1.807, 2.05) is 61.6 Å². The van der Waals surface area contributed by atoms with Gasteiger partial charge in [0, 0.05) is 0 Å². The Kier molecular flexibility index (Phi) is 11.9. The molecule has 0 bridgehead atoms. The van der Waals surface area contributed by atoms with Gasteiger partial charge in [0.15, 0.2) is 0 Å². The number of fused-ring (bicyclic) bond motifs is 1. The standard InChI is InChI=1S/C32H44O10SeSi/c1-20-23(39-31(36-5)28(35-4)25(20)33-2)19-38-44(6,7)42-29-27(34-3)26-24(40-32(29)43-22-16-12-9-13-17-22)18-37-30(41-26)21-14-10-8-11-15-21/h8-17,23-32H,1,18-19H2,2-7H3/t23?,24?,25-,26-,27-,28?,29?,30?,31-,32-/m0/s1. The van der Waals surface area contributed by atoms with Gasteiger partial charge in [0.1, 0.15) is 0 Å². The molecular formula is C32H44O10SeSi. The molecule has 0 aliphatic carbocycles. The zero-order chi connectivity index (χ0) is 31.3. The van der Waals surface area contributed by atoms with E-state index >= 15 is 0 Å². The SMILES string of the molecule is C=C1C(CO[Si](C)(C)OC2[C@@H](OC)[C@H]3OC(c4ccccc4)OCC3O[C@H]2[Se]c2ccccc2)O[C@H](OC)C(OC)[C@H]1OC. The molecule has 3 fully saturated rings. The number of methoxy groups -OCH3 is 4. The maximum atomic E-state index is 6.92. The second-order valence-corrected chi connectivity index (χ2v) is 17.1. The van der Waals surface area contributed by atoms with E-state index in [0.717, 1.165) is 11.1 Å². The summed E-state index contributed by atoms with van der Waals surface area (Å²) in [6, 6.07) is 20.2. The van der Waals surface area contributed by atoms with E-state index in [1.54, 1.807) is 28.4 Å². The molecule has 0 amide bonds. The predicted octanol–water partition coefficient (Wildman–Crippen LogP) is 2.93. The molecule has 0 saturated carbocycles. The van der Waals surface area contributed by atoms with Crippen LogP contribution in [0.25, 0.3) is 0 Å². The molecule has 0 radical (unpaired) electrons. The van der Waals surface area contributed by atoms with Gasteiger partial charge in [-0.25, -0.2) is 0 Å². The van der Waals surface area contributed by atoms with Gasteiger partial charge in [-0.2, -0.15) is 0 Å². The fourth-order valence-electron chi connectivity index (χ4n) is 5.81. The van der Waals surface area contributed by atoms with Gasteiger partial charge in [-0.3, -0.25) is 0 Å². The minimum atomic E-state index is -2.82. The summed E-state index contributed by atoms with van der Waals surface area (Å²) in [4.78, 5) is 0. The van der Waals surface area contributed by atoms with Crippen LogP contribution >= 0.6 is 0 Å². The molecule has 2 aromatic rings. The number of hydrogen-bond donors (Lipinski definition) is 0. The van der Waals surface area contributed by atoms with Crippen molar-refractivity contribution in [2.45, 2.75) is 73.4 Å². The Bertz CT molecular complexity index is 1190. The molecule has 3 aliphatic heterocycles. The van der Waals surface area contributed by atoms with Crippen LogP contribution in [0.3, 0.4) is 0 Å². The topological polar surface area (TPSA) is 92.3 Å². The summed E-state index contributed by atoms with van der Waals surface area (Å²) in [5.41, 5.74) is 1.67. The molecule has 0 spiro atoms. The number of ether oxygens (including phenoxy) is 8. The van der Waals surface area contributed by atoms with Crippen LogP contribution < -0.4 is 4.46 Å². The van der Waals surface area contributed by atoms with Gasteiger partial charge >= 0.3 is 268 Å². The monoisotopic (exact) mass is 696 g/mol. The van der Waals surface area contributed by atoms with Crippen molar-refractivity contribution >= 4 is 28.0 Å². The minimum absolute atomic E-state index is 0.0816. The second kappa shape index (κ2) is 15.4. The van der Waals surface area contributed by atoms with Crippen LogP contribution in [0, 0.1) is 0 Å². The van der Waals surface area contributed by atoms with Crippen LogP contribution in [0.4, 0.5) is 0 Å². The first-order chi connectivity index (χ1) is 21.3. The number of hydrogen-bond acceptors (Lipinski definition) is 10. The first kappa shape index (κ1) is 33.9. The van der Waals surface area contributed by atoms with E-state index in [-0.39, 0.29) is 32.7 Å². The van der Waals surface area contributed by atoms with E-state index in [0.29, 0.717) is 6.61 Å². The summed E-state index contributed by atoms with van der Waals surface area (Å²) in [5, 5.41) is -0.258. The van der Waals surface area contributed by atoms with Crippen LogP contribution in [0.15, 0.2) is 72.8 Å². The summed E-state index contributed by atoms with van der Waals surface area (Å²) in [5.74, 6) is 0. The average molecular weight is 696 g/mol. The molecule has 5 unspecified atom stereocenters. The van der Waals surface area contributed by atoms with Crippen LogP contribution in [0.5, 0.6) is 0 Å². The molecule has 3 aliphatic rings. The van der Waals surface area contributed by atoms with E-state index in [4.69, 9.17) is 46.7 Å². The quantitative estimate of drug-likeness (QED) is 0.244. The van der Waals surface area contributed by atoms with Crippen molar-refractivity contribution in [2.24, 2.45) is 0 Å². The van der Waals surface area contributed by atoms with Crippen LogP contribution in [0.2, 0.25) is 13.1 Å². The normalized spacial score (nSPS) is 34.5. The maximum absolute atomic E-state index is 6.92. The average Bonchev–Trinajstić information content (AvgIpc) is 3.04. The molecule has 12 heteroatoms. The van der Waals surface area contributed by atoms with Gasteiger partial charge in [0.25, 0.3) is 0 Å². The third-order valence-electron chi connectivity index (χ3n) is 8.03. The van der Waals surface area contributed by atoms with Crippen molar-refractivity contribution < 1.29 is 46.7 Å². The Hall–Kier alpha value is -1.48. The Morgan fingerprint density at radius 2 is 1.50 bits per heavy atom.